The van der Waals surface area contributed by atoms with Crippen LogP contribution in [0.2, 0.25) is 0 Å². The van der Waals surface area contributed by atoms with Gasteiger partial charge >= 0.3 is 0 Å². The van der Waals surface area contributed by atoms with Crippen LogP contribution in [0, 0.1) is 0 Å². The monoisotopic (exact) mass is 284 g/mol. The number of hydrogen-bond acceptors (Lipinski definition) is 0. The Labute approximate surface area is 132 Å². The van der Waals surface area contributed by atoms with Gasteiger partial charge in [-0.15, -0.1) is 0 Å². The van der Waals surface area contributed by atoms with E-state index < -0.39 is 0 Å². The van der Waals surface area contributed by atoms with E-state index in [0.717, 1.165) is 0 Å². The minimum absolute atomic E-state index is 0.558. The molecule has 0 N–H and O–H groups in total. The van der Waals surface area contributed by atoms with Gasteiger partial charge in [-0.05, 0) is 46.7 Å². The highest BCUT2D eigenvalue weighted by molar-refractivity contribution is 5.95. The molecule has 1 aliphatic rings. The summed E-state index contributed by atoms with van der Waals surface area (Å²) in [6.45, 7) is 0. The first-order chi connectivity index (χ1) is 10.9. The first-order valence-corrected chi connectivity index (χ1v) is 8.15. The van der Waals surface area contributed by atoms with E-state index in [-0.39, 0.29) is 0 Å². The molecule has 0 spiro atoms. The van der Waals surface area contributed by atoms with Crippen molar-refractivity contribution in [2.75, 3.05) is 0 Å². The van der Waals surface area contributed by atoms with Crippen LogP contribution < -0.4 is 0 Å². The highest BCUT2D eigenvalue weighted by atomic mass is 14.2. The number of rotatable bonds is 4. The van der Waals surface area contributed by atoms with Crippen molar-refractivity contribution in [3.8, 4) is 0 Å². The zero-order valence-electron chi connectivity index (χ0n) is 12.7. The van der Waals surface area contributed by atoms with Crippen molar-refractivity contribution in [3.63, 3.8) is 0 Å². The van der Waals surface area contributed by atoms with E-state index >= 15 is 0 Å². The lowest BCUT2D eigenvalue weighted by molar-refractivity contribution is 0.679. The molecule has 3 aromatic rings. The molecule has 1 atom stereocenters. The van der Waals surface area contributed by atoms with Crippen molar-refractivity contribution in [3.05, 3.63) is 89.5 Å². The largest absolute Gasteiger partial charge is 0.0764 e. The fraction of sp³-hybridized carbons (Fsp3) is 0.182. The van der Waals surface area contributed by atoms with Gasteiger partial charge in [0, 0.05) is 5.92 Å². The van der Waals surface area contributed by atoms with Crippen molar-refractivity contribution >= 4 is 16.8 Å². The van der Waals surface area contributed by atoms with Gasteiger partial charge in [0.25, 0.3) is 0 Å². The molecular weight excluding hydrogens is 264 g/mol. The van der Waals surface area contributed by atoms with Crippen LogP contribution in [-0.4, -0.2) is 0 Å². The third-order valence-electron chi connectivity index (χ3n) is 4.70. The molecule has 0 saturated heterocycles. The average Bonchev–Trinajstić information content (AvgIpc) is 2.58. The van der Waals surface area contributed by atoms with Crippen molar-refractivity contribution in [1.82, 2.24) is 0 Å². The van der Waals surface area contributed by atoms with Crippen LogP contribution in [0.4, 0.5) is 0 Å². The van der Waals surface area contributed by atoms with E-state index in [2.05, 4.69) is 78.9 Å². The molecule has 0 saturated carbocycles. The molecule has 0 bridgehead atoms. The molecule has 1 aliphatic carbocycles. The fourth-order valence-corrected chi connectivity index (χ4v) is 3.59. The van der Waals surface area contributed by atoms with Crippen LogP contribution in [0.25, 0.3) is 16.8 Å². The number of allylic oxidation sites excluding steroid dienone is 1. The molecule has 108 valence electrons. The lowest BCUT2D eigenvalue weighted by Crippen LogP contribution is -2.02. The van der Waals surface area contributed by atoms with Gasteiger partial charge in [-0.1, -0.05) is 78.9 Å². The zero-order chi connectivity index (χ0) is 14.8. The predicted octanol–water partition coefficient (Wildman–Crippen LogP) is 5.97. The normalized spacial score (nSPS) is 16.1. The maximum atomic E-state index is 2.39. The minimum Gasteiger partial charge on any atom is -0.0764 e. The second-order valence-corrected chi connectivity index (χ2v) is 6.14. The van der Waals surface area contributed by atoms with E-state index in [1.54, 1.807) is 0 Å². The molecule has 0 radical (unpaired) electrons. The Bertz CT molecular complexity index is 807. The minimum atomic E-state index is 0.558. The Balaban J connectivity index is 1.55. The van der Waals surface area contributed by atoms with Crippen LogP contribution in [0.15, 0.2) is 72.8 Å². The standard InChI is InChI=1S/C22H20/c1-2-7-17(8-3-1)9-4-10-18-15-16-20-12-5-11-19-13-6-14-21(18)22(19)20/h1-3,5-8,11-16,18H,4,9-10H2. The molecule has 22 heavy (non-hydrogen) atoms. The number of hydrogen-bond donors (Lipinski definition) is 0. The Morgan fingerprint density at radius 3 is 2.45 bits per heavy atom. The number of aryl methyl sites for hydroxylation is 1. The van der Waals surface area contributed by atoms with E-state index in [1.165, 1.54) is 46.7 Å². The van der Waals surface area contributed by atoms with E-state index in [0.29, 0.717) is 5.92 Å². The first-order valence-electron chi connectivity index (χ1n) is 8.15. The molecule has 0 aromatic heterocycles. The lowest BCUT2D eigenvalue weighted by atomic mass is 9.83. The van der Waals surface area contributed by atoms with E-state index in [4.69, 9.17) is 0 Å². The molecule has 0 heterocycles. The van der Waals surface area contributed by atoms with Crippen molar-refractivity contribution in [2.45, 2.75) is 25.2 Å². The van der Waals surface area contributed by atoms with E-state index in [1.807, 2.05) is 0 Å². The molecule has 1 unspecified atom stereocenters. The summed E-state index contributed by atoms with van der Waals surface area (Å²) in [5.41, 5.74) is 4.32. The summed E-state index contributed by atoms with van der Waals surface area (Å²) < 4.78 is 0. The summed E-state index contributed by atoms with van der Waals surface area (Å²) in [6.07, 6.45) is 8.32. The molecule has 4 rings (SSSR count). The van der Waals surface area contributed by atoms with Gasteiger partial charge in [-0.3, -0.25) is 0 Å². The van der Waals surface area contributed by atoms with Crippen LogP contribution in [-0.2, 0) is 6.42 Å². The van der Waals surface area contributed by atoms with Crippen molar-refractivity contribution < 1.29 is 0 Å². The molecule has 3 aromatic carbocycles. The summed E-state index contributed by atoms with van der Waals surface area (Å²) in [6, 6.07) is 24.1. The first kappa shape index (κ1) is 13.3. The van der Waals surface area contributed by atoms with Crippen molar-refractivity contribution in [2.24, 2.45) is 0 Å². The quantitative estimate of drug-likeness (QED) is 0.553. The molecule has 0 nitrogen and oxygen atoms in total. The second-order valence-electron chi connectivity index (χ2n) is 6.14. The summed E-state index contributed by atoms with van der Waals surface area (Å²) >= 11 is 0. The summed E-state index contributed by atoms with van der Waals surface area (Å²) in [5, 5.41) is 2.82. The summed E-state index contributed by atoms with van der Waals surface area (Å²) in [5.74, 6) is 0.558. The topological polar surface area (TPSA) is 0 Å². The van der Waals surface area contributed by atoms with Gasteiger partial charge in [0.05, 0.1) is 0 Å². The molecular formula is C22H20. The molecule has 0 fully saturated rings. The SMILES string of the molecule is C1=CC(CCCc2ccccc2)c2cccc3cccc1c23. The summed E-state index contributed by atoms with van der Waals surface area (Å²) in [4.78, 5) is 0. The highest BCUT2D eigenvalue weighted by Gasteiger charge is 2.16. The zero-order valence-corrected chi connectivity index (χ0v) is 12.7. The Morgan fingerprint density at radius 1 is 0.773 bits per heavy atom. The van der Waals surface area contributed by atoms with Gasteiger partial charge in [0.15, 0.2) is 0 Å². The van der Waals surface area contributed by atoms with Crippen LogP contribution in [0.1, 0.15) is 35.4 Å². The average molecular weight is 284 g/mol. The van der Waals surface area contributed by atoms with Crippen molar-refractivity contribution in [1.29, 1.82) is 0 Å². The molecule has 0 aliphatic heterocycles. The maximum Gasteiger partial charge on any atom is 0.00277 e. The third-order valence-corrected chi connectivity index (χ3v) is 4.70. The number of benzene rings is 3. The Kier molecular flexibility index (Phi) is 3.52. The van der Waals surface area contributed by atoms with Gasteiger partial charge in [-0.2, -0.15) is 0 Å². The molecule has 0 heteroatoms. The van der Waals surface area contributed by atoms with Gasteiger partial charge in [-0.25, -0.2) is 0 Å². The van der Waals surface area contributed by atoms with Gasteiger partial charge in [0.1, 0.15) is 0 Å². The van der Waals surface area contributed by atoms with Crippen LogP contribution in [0.5, 0.6) is 0 Å². The highest BCUT2D eigenvalue weighted by Crippen LogP contribution is 2.36. The van der Waals surface area contributed by atoms with Gasteiger partial charge in [0.2, 0.25) is 0 Å². The van der Waals surface area contributed by atoms with E-state index in [9.17, 15) is 0 Å². The molecule has 0 amide bonds. The second kappa shape index (κ2) is 5.81. The van der Waals surface area contributed by atoms with Gasteiger partial charge < -0.3 is 0 Å². The maximum absolute atomic E-state index is 2.39. The fourth-order valence-electron chi connectivity index (χ4n) is 3.59. The van der Waals surface area contributed by atoms with Crippen LogP contribution in [0.3, 0.4) is 0 Å². The lowest BCUT2D eigenvalue weighted by Gasteiger charge is -2.21. The smallest absolute Gasteiger partial charge is 0.00277 e. The predicted molar refractivity (Wildman–Crippen MR) is 95.1 cm³/mol. The Morgan fingerprint density at radius 2 is 1.59 bits per heavy atom. The third kappa shape index (κ3) is 2.46. The van der Waals surface area contributed by atoms with Crippen LogP contribution >= 0.6 is 0 Å². The Hall–Kier alpha value is -2.34. The summed E-state index contributed by atoms with van der Waals surface area (Å²) in [7, 11) is 0.